The van der Waals surface area contributed by atoms with Gasteiger partial charge in [-0.1, -0.05) is 113 Å². The molecule has 0 N–H and O–H groups in total. The molecule has 3 fully saturated rings. The van der Waals surface area contributed by atoms with Crippen molar-refractivity contribution in [3.05, 3.63) is 0 Å². The molecule has 0 unspecified atom stereocenters. The first-order valence-electron chi connectivity index (χ1n) is 9.93. The molecule has 3 rings (SSSR count). The topological polar surface area (TPSA) is 0 Å². The van der Waals surface area contributed by atoms with Crippen LogP contribution in [-0.4, -0.2) is 17.4 Å². The van der Waals surface area contributed by atoms with E-state index in [1.807, 2.05) is 0 Å². The van der Waals surface area contributed by atoms with Crippen molar-refractivity contribution in [2.75, 3.05) is 0 Å². The molecule has 3 aliphatic carbocycles. The molecule has 0 aliphatic heterocycles. The van der Waals surface area contributed by atoms with Gasteiger partial charge in [0.2, 0.25) is 0 Å². The van der Waals surface area contributed by atoms with Crippen LogP contribution in [0.2, 0.25) is 16.6 Å². The lowest BCUT2D eigenvalue weighted by Crippen LogP contribution is -2.38. The van der Waals surface area contributed by atoms with Gasteiger partial charge in [0.25, 0.3) is 0 Å². The van der Waals surface area contributed by atoms with Gasteiger partial charge in [0.1, 0.15) is 0 Å². The molecule has 0 amide bonds. The predicted octanol–water partition coefficient (Wildman–Crippen LogP) is 5.30. The van der Waals surface area contributed by atoms with E-state index in [-0.39, 0.29) is 8.31 Å². The summed E-state index contributed by atoms with van der Waals surface area (Å²) >= 11 is 0. The Kier molecular flexibility index (Phi) is 6.26. The summed E-state index contributed by atoms with van der Waals surface area (Å²) in [5, 5.41) is 0. The zero-order valence-corrected chi connectivity index (χ0v) is 16.2. The second-order valence-electron chi connectivity index (χ2n) is 8.20. The van der Waals surface area contributed by atoms with E-state index < -0.39 is 0 Å². The van der Waals surface area contributed by atoms with Crippen LogP contribution in [0.15, 0.2) is 0 Å². The first-order chi connectivity index (χ1) is 9.93. The van der Waals surface area contributed by atoms with Gasteiger partial charge in [-0.05, 0) is 0 Å². The molecule has 3 aliphatic rings. The maximum atomic E-state index is 1.67. The number of hydrogen-bond acceptors (Lipinski definition) is 0. The third-order valence-electron chi connectivity index (χ3n) is 6.84. The fraction of sp³-hybridized carbons (Fsp3) is 1.00. The van der Waals surface area contributed by atoms with Crippen molar-refractivity contribution in [3.63, 3.8) is 0 Å². The lowest BCUT2D eigenvalue weighted by molar-refractivity contribution is 0.464. The highest BCUT2D eigenvalue weighted by Gasteiger charge is 2.34. The Morgan fingerprint density at radius 1 is 0.500 bits per heavy atom. The Bertz CT molecular complexity index is 243. The van der Waals surface area contributed by atoms with Crippen LogP contribution in [0.1, 0.15) is 96.3 Å². The zero-order chi connectivity index (χ0) is 13.6. The van der Waals surface area contributed by atoms with Crippen LogP contribution in [0.3, 0.4) is 0 Å². The molecule has 0 spiro atoms. The first kappa shape index (κ1) is 15.3. The van der Waals surface area contributed by atoms with E-state index in [1.54, 1.807) is 96.3 Å². The van der Waals surface area contributed by atoms with Gasteiger partial charge in [-0.2, -0.15) is 0 Å². The normalized spacial score (nSPS) is 28.6. The second kappa shape index (κ2) is 8.17. The monoisotopic (exact) mass is 308 g/mol. The van der Waals surface area contributed by atoms with Gasteiger partial charge >= 0.3 is 0 Å². The van der Waals surface area contributed by atoms with E-state index in [9.17, 15) is 0 Å². The molecule has 3 saturated carbocycles. The lowest BCUT2D eigenvalue weighted by Gasteiger charge is -2.39. The first-order valence-corrected chi connectivity index (χ1v) is 15.3. The third kappa shape index (κ3) is 4.22. The Balaban J connectivity index is 1.61. The van der Waals surface area contributed by atoms with Crippen LogP contribution in [0, 0.1) is 0 Å². The molecule has 0 bridgehead atoms. The Morgan fingerprint density at radius 2 is 0.900 bits per heavy atom. The summed E-state index contributed by atoms with van der Waals surface area (Å²) < 4.78 is 0. The van der Waals surface area contributed by atoms with Gasteiger partial charge in [0, 0.05) is 17.4 Å². The summed E-state index contributed by atoms with van der Waals surface area (Å²) in [5.74, 6) is 0. The Hall–Kier alpha value is 0.434. The summed E-state index contributed by atoms with van der Waals surface area (Å²) in [6.45, 7) is 0. The van der Waals surface area contributed by atoms with Crippen molar-refractivity contribution in [1.29, 1.82) is 0 Å². The highest BCUT2D eigenvalue weighted by atomic mass is 29.2. The Morgan fingerprint density at radius 3 is 1.35 bits per heavy atom. The minimum Gasteiger partial charge on any atom is -0.0536 e. The second-order valence-corrected chi connectivity index (χ2v) is 17.3. The standard InChI is InChI=1S/C18H36Si2/c1-4-10-16(11-5-1)19-20(17-12-6-2-7-13-17)18-14-8-3-9-15-18/h16-18,20H,1-15,19H2. The molecule has 116 valence electrons. The summed E-state index contributed by atoms with van der Waals surface area (Å²) in [6.07, 6.45) is 24.3. The van der Waals surface area contributed by atoms with Gasteiger partial charge in [-0.25, -0.2) is 0 Å². The summed E-state index contributed by atoms with van der Waals surface area (Å²) in [5.41, 5.74) is 3.95. The third-order valence-corrected chi connectivity index (χ3v) is 20.3. The fourth-order valence-electron chi connectivity index (χ4n) is 5.70. The molecule has 0 aromatic heterocycles. The van der Waals surface area contributed by atoms with Crippen LogP contribution in [0.5, 0.6) is 0 Å². The van der Waals surface area contributed by atoms with Gasteiger partial charge in [0.15, 0.2) is 0 Å². The highest BCUT2D eigenvalue weighted by molar-refractivity contribution is 7.14. The maximum absolute atomic E-state index is 1.67. The minimum atomic E-state index is -0.331. The van der Waals surface area contributed by atoms with E-state index in [0.29, 0.717) is 9.04 Å². The smallest absolute Gasteiger partial charge is 0.0307 e. The van der Waals surface area contributed by atoms with Crippen LogP contribution >= 0.6 is 0 Å². The molecular formula is C18H36Si2. The lowest BCUT2D eigenvalue weighted by atomic mass is 9.99. The maximum Gasteiger partial charge on any atom is 0.0307 e. The van der Waals surface area contributed by atoms with Crippen molar-refractivity contribution < 1.29 is 0 Å². The molecule has 0 aromatic rings. The highest BCUT2D eigenvalue weighted by Crippen LogP contribution is 2.43. The summed E-state index contributed by atoms with van der Waals surface area (Å²) in [6, 6.07) is 0. The van der Waals surface area contributed by atoms with Crippen LogP contribution in [-0.2, 0) is 0 Å². The summed E-state index contributed by atoms with van der Waals surface area (Å²) in [7, 11) is -0.00213. The molecule has 0 nitrogen and oxygen atoms in total. The van der Waals surface area contributed by atoms with Crippen molar-refractivity contribution in [3.8, 4) is 0 Å². The molecule has 0 aromatic carbocycles. The van der Waals surface area contributed by atoms with Crippen molar-refractivity contribution in [2.45, 2.75) is 113 Å². The van der Waals surface area contributed by atoms with Gasteiger partial charge in [-0.3, -0.25) is 0 Å². The minimum absolute atomic E-state index is 0.329. The number of hydrogen-bond donors (Lipinski definition) is 0. The van der Waals surface area contributed by atoms with Crippen molar-refractivity contribution >= 4 is 17.4 Å². The molecule has 0 saturated heterocycles. The average molecular weight is 309 g/mol. The molecule has 0 heterocycles. The SMILES string of the molecule is C1CCC([SiH2][SiH](C2CCCCC2)C2CCCCC2)CC1. The number of rotatable bonds is 4. The van der Waals surface area contributed by atoms with E-state index in [2.05, 4.69) is 0 Å². The largest absolute Gasteiger partial charge is 0.0536 e. The van der Waals surface area contributed by atoms with E-state index in [1.165, 1.54) is 16.6 Å². The average Bonchev–Trinajstić information content (AvgIpc) is 2.55. The van der Waals surface area contributed by atoms with Crippen LogP contribution < -0.4 is 0 Å². The van der Waals surface area contributed by atoms with E-state index in [0.717, 1.165) is 0 Å². The predicted molar refractivity (Wildman–Crippen MR) is 96.2 cm³/mol. The van der Waals surface area contributed by atoms with Gasteiger partial charge in [-0.15, -0.1) is 0 Å². The molecule has 0 atom stereocenters. The van der Waals surface area contributed by atoms with Crippen LogP contribution in [0.25, 0.3) is 0 Å². The van der Waals surface area contributed by atoms with Crippen molar-refractivity contribution in [1.82, 2.24) is 0 Å². The summed E-state index contributed by atoms with van der Waals surface area (Å²) in [4.78, 5) is 0. The van der Waals surface area contributed by atoms with Gasteiger partial charge < -0.3 is 0 Å². The molecule has 0 radical (unpaired) electrons. The van der Waals surface area contributed by atoms with Crippen molar-refractivity contribution in [2.24, 2.45) is 0 Å². The van der Waals surface area contributed by atoms with Crippen LogP contribution in [0.4, 0.5) is 0 Å². The van der Waals surface area contributed by atoms with E-state index >= 15 is 0 Å². The zero-order valence-electron chi connectivity index (χ0n) is 13.6. The van der Waals surface area contributed by atoms with E-state index in [4.69, 9.17) is 0 Å². The Labute approximate surface area is 130 Å². The fourth-order valence-corrected chi connectivity index (χ4v) is 20.6. The molecule has 20 heavy (non-hydrogen) atoms. The van der Waals surface area contributed by atoms with Gasteiger partial charge in [0.05, 0.1) is 0 Å². The molecular weight excluding hydrogens is 272 g/mol. The molecule has 2 heteroatoms. The quantitative estimate of drug-likeness (QED) is 0.618.